The number of nitrogens with two attached hydrogens (primary N) is 1. The monoisotopic (exact) mass is 261 g/mol. The van der Waals surface area contributed by atoms with Crippen molar-refractivity contribution in [2.45, 2.75) is 6.42 Å². The molecule has 100 valence electrons. The Morgan fingerprint density at radius 2 is 2.11 bits per heavy atom. The number of ether oxygens (including phenoxy) is 1. The van der Waals surface area contributed by atoms with E-state index >= 15 is 0 Å². The molecular formula is C13H15N3O3. The first-order valence-corrected chi connectivity index (χ1v) is 5.78. The van der Waals surface area contributed by atoms with Crippen LogP contribution in [0.4, 0.5) is 5.82 Å². The number of esters is 1. The van der Waals surface area contributed by atoms with Crippen molar-refractivity contribution in [2.75, 3.05) is 19.5 Å². The molecule has 1 aromatic carbocycles. The normalized spacial score (nSPS) is 10.4. The standard InChI is InChI=1S/C13H15N3O3/c1-19-13(18)11-12(14)16(8-15-11)10-4-2-9(3-5-10)6-7-17/h2-5,8,17H,6-7,14H2,1H3. The smallest absolute Gasteiger partial charge is 0.360 e. The van der Waals surface area contributed by atoms with Gasteiger partial charge in [-0.3, -0.25) is 4.57 Å². The largest absolute Gasteiger partial charge is 0.464 e. The van der Waals surface area contributed by atoms with Gasteiger partial charge >= 0.3 is 5.97 Å². The molecule has 0 fully saturated rings. The number of methoxy groups -OCH3 is 1. The van der Waals surface area contributed by atoms with Gasteiger partial charge in [0.2, 0.25) is 0 Å². The Morgan fingerprint density at radius 1 is 1.42 bits per heavy atom. The highest BCUT2D eigenvalue weighted by Crippen LogP contribution is 2.18. The molecule has 1 heterocycles. The highest BCUT2D eigenvalue weighted by molar-refractivity contribution is 5.92. The molecule has 0 aliphatic carbocycles. The molecule has 0 radical (unpaired) electrons. The van der Waals surface area contributed by atoms with E-state index in [-0.39, 0.29) is 18.1 Å². The van der Waals surface area contributed by atoms with Gasteiger partial charge < -0.3 is 15.6 Å². The van der Waals surface area contributed by atoms with Crippen molar-refractivity contribution in [3.05, 3.63) is 41.9 Å². The van der Waals surface area contributed by atoms with Crippen LogP contribution in [0.3, 0.4) is 0 Å². The minimum Gasteiger partial charge on any atom is -0.464 e. The summed E-state index contributed by atoms with van der Waals surface area (Å²) in [6.07, 6.45) is 2.08. The Hall–Kier alpha value is -2.34. The number of hydrogen-bond donors (Lipinski definition) is 2. The summed E-state index contributed by atoms with van der Waals surface area (Å²) in [5.74, 6) is -0.324. The lowest BCUT2D eigenvalue weighted by Crippen LogP contribution is -2.07. The number of imidazole rings is 1. The second-order valence-electron chi connectivity index (χ2n) is 3.98. The number of aliphatic hydroxyl groups excluding tert-OH is 1. The fourth-order valence-electron chi connectivity index (χ4n) is 1.77. The van der Waals surface area contributed by atoms with Gasteiger partial charge in [0.25, 0.3) is 0 Å². The van der Waals surface area contributed by atoms with E-state index in [1.54, 1.807) is 4.57 Å². The molecule has 0 unspecified atom stereocenters. The van der Waals surface area contributed by atoms with Gasteiger partial charge in [-0.1, -0.05) is 12.1 Å². The first kappa shape index (κ1) is 13.1. The van der Waals surface area contributed by atoms with Gasteiger partial charge in [0.05, 0.1) is 7.11 Å². The quantitative estimate of drug-likeness (QED) is 0.793. The molecular weight excluding hydrogens is 246 g/mol. The number of carbonyl (C=O) groups excluding carboxylic acids is 1. The van der Waals surface area contributed by atoms with Crippen molar-refractivity contribution in [3.8, 4) is 5.69 Å². The summed E-state index contributed by atoms with van der Waals surface area (Å²) in [5, 5.41) is 8.86. The summed E-state index contributed by atoms with van der Waals surface area (Å²) in [4.78, 5) is 15.4. The molecule has 0 saturated carbocycles. The predicted molar refractivity (Wildman–Crippen MR) is 70.1 cm³/mol. The number of anilines is 1. The number of rotatable bonds is 4. The van der Waals surface area contributed by atoms with Crippen molar-refractivity contribution in [1.29, 1.82) is 0 Å². The van der Waals surface area contributed by atoms with Crippen LogP contribution in [0, 0.1) is 0 Å². The van der Waals surface area contributed by atoms with Crippen molar-refractivity contribution < 1.29 is 14.6 Å². The van der Waals surface area contributed by atoms with Gasteiger partial charge in [-0.2, -0.15) is 0 Å². The van der Waals surface area contributed by atoms with Gasteiger partial charge in [-0.25, -0.2) is 9.78 Å². The van der Waals surface area contributed by atoms with Gasteiger partial charge in [0, 0.05) is 12.3 Å². The van der Waals surface area contributed by atoms with E-state index in [1.165, 1.54) is 13.4 Å². The van der Waals surface area contributed by atoms with E-state index < -0.39 is 5.97 Å². The lowest BCUT2D eigenvalue weighted by atomic mass is 10.1. The van der Waals surface area contributed by atoms with Crippen LogP contribution in [0.15, 0.2) is 30.6 Å². The maximum absolute atomic E-state index is 11.4. The molecule has 0 spiro atoms. The molecule has 6 heteroatoms. The van der Waals surface area contributed by atoms with Gasteiger partial charge in [-0.05, 0) is 24.1 Å². The topological polar surface area (TPSA) is 90.4 Å². The third kappa shape index (κ3) is 2.58. The minimum absolute atomic E-state index is 0.0990. The third-order valence-electron chi connectivity index (χ3n) is 2.80. The Kier molecular flexibility index (Phi) is 3.82. The van der Waals surface area contributed by atoms with Crippen LogP contribution >= 0.6 is 0 Å². The van der Waals surface area contributed by atoms with Crippen LogP contribution in [0.1, 0.15) is 16.1 Å². The summed E-state index contributed by atoms with van der Waals surface area (Å²) in [5.41, 5.74) is 7.79. The molecule has 1 aromatic heterocycles. The molecule has 2 aromatic rings. The first-order chi connectivity index (χ1) is 9.17. The van der Waals surface area contributed by atoms with E-state index in [4.69, 9.17) is 10.8 Å². The maximum atomic E-state index is 11.4. The van der Waals surface area contributed by atoms with E-state index in [1.807, 2.05) is 24.3 Å². The highest BCUT2D eigenvalue weighted by atomic mass is 16.5. The van der Waals surface area contributed by atoms with Gasteiger partial charge in [0.1, 0.15) is 12.1 Å². The number of aromatic nitrogens is 2. The van der Waals surface area contributed by atoms with Crippen LogP contribution in [0.25, 0.3) is 5.69 Å². The Bertz CT molecular complexity index is 575. The first-order valence-electron chi connectivity index (χ1n) is 5.78. The zero-order chi connectivity index (χ0) is 13.8. The van der Waals surface area contributed by atoms with Crippen LogP contribution < -0.4 is 5.73 Å². The number of nitrogens with zero attached hydrogens (tertiary/aromatic N) is 2. The predicted octanol–water partition coefficient (Wildman–Crippen LogP) is 0.776. The lowest BCUT2D eigenvalue weighted by Gasteiger charge is -2.06. The summed E-state index contributed by atoms with van der Waals surface area (Å²) in [6, 6.07) is 7.49. The third-order valence-corrected chi connectivity index (χ3v) is 2.80. The minimum atomic E-state index is -0.562. The second-order valence-corrected chi connectivity index (χ2v) is 3.98. The van der Waals surface area contributed by atoms with Gasteiger partial charge in [0.15, 0.2) is 5.69 Å². The molecule has 0 saturated heterocycles. The molecule has 0 amide bonds. The average molecular weight is 261 g/mol. The molecule has 0 aliphatic rings. The van der Waals surface area contributed by atoms with E-state index in [0.717, 1.165) is 11.3 Å². The lowest BCUT2D eigenvalue weighted by molar-refractivity contribution is 0.0596. The van der Waals surface area contributed by atoms with Gasteiger partial charge in [-0.15, -0.1) is 0 Å². The Balaban J connectivity index is 2.32. The van der Waals surface area contributed by atoms with Crippen LogP contribution in [-0.4, -0.2) is 34.3 Å². The molecule has 0 aliphatic heterocycles. The average Bonchev–Trinajstić information content (AvgIpc) is 2.81. The molecule has 0 atom stereocenters. The molecule has 6 nitrogen and oxygen atoms in total. The van der Waals surface area contributed by atoms with Crippen molar-refractivity contribution >= 4 is 11.8 Å². The molecule has 0 bridgehead atoms. The summed E-state index contributed by atoms with van der Waals surface area (Å²) in [7, 11) is 1.28. The fraction of sp³-hybridized carbons (Fsp3) is 0.231. The zero-order valence-electron chi connectivity index (χ0n) is 10.5. The second kappa shape index (κ2) is 5.53. The molecule has 19 heavy (non-hydrogen) atoms. The van der Waals surface area contributed by atoms with E-state index in [9.17, 15) is 4.79 Å². The van der Waals surface area contributed by atoms with Crippen molar-refractivity contribution in [1.82, 2.24) is 9.55 Å². The maximum Gasteiger partial charge on any atom is 0.360 e. The number of aliphatic hydroxyl groups is 1. The SMILES string of the molecule is COC(=O)c1ncn(-c2ccc(CCO)cc2)c1N. The fourth-order valence-corrected chi connectivity index (χ4v) is 1.77. The van der Waals surface area contributed by atoms with Crippen molar-refractivity contribution in [2.24, 2.45) is 0 Å². The number of nitrogen functional groups attached to an aromatic ring is 1. The number of benzene rings is 1. The van der Waals surface area contributed by atoms with Crippen LogP contribution in [-0.2, 0) is 11.2 Å². The number of carbonyl (C=O) groups is 1. The zero-order valence-corrected chi connectivity index (χ0v) is 10.5. The molecule has 2 rings (SSSR count). The molecule has 3 N–H and O–H groups in total. The van der Waals surface area contributed by atoms with Crippen LogP contribution in [0.2, 0.25) is 0 Å². The van der Waals surface area contributed by atoms with Crippen molar-refractivity contribution in [3.63, 3.8) is 0 Å². The highest BCUT2D eigenvalue weighted by Gasteiger charge is 2.16. The summed E-state index contributed by atoms with van der Waals surface area (Å²) < 4.78 is 6.20. The Labute approximate surface area is 110 Å². The van der Waals surface area contributed by atoms with E-state index in [0.29, 0.717) is 6.42 Å². The number of hydrogen-bond acceptors (Lipinski definition) is 5. The van der Waals surface area contributed by atoms with Crippen LogP contribution in [0.5, 0.6) is 0 Å². The Morgan fingerprint density at radius 3 is 2.68 bits per heavy atom. The summed E-state index contributed by atoms with van der Waals surface area (Å²) in [6.45, 7) is 0.110. The summed E-state index contributed by atoms with van der Waals surface area (Å²) >= 11 is 0. The van der Waals surface area contributed by atoms with E-state index in [2.05, 4.69) is 9.72 Å².